The number of imidazole rings is 1. The molecule has 2 aliphatic rings. The summed E-state index contributed by atoms with van der Waals surface area (Å²) in [5.74, 6) is 0.424. The van der Waals surface area contributed by atoms with E-state index < -0.39 is 0 Å². The van der Waals surface area contributed by atoms with Gasteiger partial charge in [-0.15, -0.1) is 0 Å². The maximum Gasteiger partial charge on any atom is 0.274 e. The first-order valence-electron chi connectivity index (χ1n) is 12.0. The molecule has 5 nitrogen and oxygen atoms in total. The molecular formula is C27H31FN4O. The number of carbonyl (C=O) groups is 1. The fourth-order valence-electron chi connectivity index (χ4n) is 5.22. The van der Waals surface area contributed by atoms with Crippen molar-refractivity contribution in [2.45, 2.75) is 52.1 Å². The number of piperazine rings is 1. The van der Waals surface area contributed by atoms with E-state index in [9.17, 15) is 9.18 Å². The van der Waals surface area contributed by atoms with Crippen LogP contribution in [0.25, 0.3) is 11.4 Å². The first kappa shape index (κ1) is 21.7. The van der Waals surface area contributed by atoms with Gasteiger partial charge < -0.3 is 14.4 Å². The molecular weight excluding hydrogens is 415 g/mol. The van der Waals surface area contributed by atoms with Crippen LogP contribution in [0, 0.1) is 12.7 Å². The number of hydrogen-bond acceptors (Lipinski definition) is 3. The summed E-state index contributed by atoms with van der Waals surface area (Å²) < 4.78 is 16.1. The fraction of sp³-hybridized carbons (Fsp3) is 0.407. The van der Waals surface area contributed by atoms with E-state index in [1.165, 1.54) is 23.4 Å². The standard InChI is InChI=1S/C27H31FN4O/c1-19-8-6-11-23(16-19)31-15-14-30(18-20(31)2)27(33)25-24-12-4-3-5-13-32(24)26(29-25)21-9-7-10-22(28)17-21/h6-11,16-17,20H,3-5,12-15,18H2,1-2H3/t20-/m1/s1. The first-order valence-corrected chi connectivity index (χ1v) is 12.0. The van der Waals surface area contributed by atoms with Crippen LogP contribution in [0.15, 0.2) is 48.5 Å². The number of nitrogens with zero attached hydrogens (tertiary/aromatic N) is 4. The molecule has 1 atom stereocenters. The summed E-state index contributed by atoms with van der Waals surface area (Å²) in [7, 11) is 0. The van der Waals surface area contributed by atoms with Gasteiger partial charge in [0.2, 0.25) is 0 Å². The van der Waals surface area contributed by atoms with E-state index in [1.54, 1.807) is 6.07 Å². The minimum atomic E-state index is -0.285. The minimum Gasteiger partial charge on any atom is -0.365 e. The Morgan fingerprint density at radius 3 is 2.67 bits per heavy atom. The van der Waals surface area contributed by atoms with Gasteiger partial charge in [0.1, 0.15) is 17.3 Å². The average Bonchev–Trinajstić information content (AvgIpc) is 2.99. The number of aromatic nitrogens is 2. The van der Waals surface area contributed by atoms with Crippen LogP contribution in [-0.2, 0) is 13.0 Å². The number of hydrogen-bond donors (Lipinski definition) is 0. The summed E-state index contributed by atoms with van der Waals surface area (Å²) in [6.45, 7) is 7.22. The number of aryl methyl sites for hydroxylation is 1. The number of benzene rings is 2. The smallest absolute Gasteiger partial charge is 0.274 e. The van der Waals surface area contributed by atoms with E-state index in [2.05, 4.69) is 47.6 Å². The van der Waals surface area contributed by atoms with Gasteiger partial charge in [-0.2, -0.15) is 0 Å². The minimum absolute atomic E-state index is 0.000884. The molecule has 5 rings (SSSR count). The maximum absolute atomic E-state index is 13.9. The third-order valence-electron chi connectivity index (χ3n) is 6.90. The highest BCUT2D eigenvalue weighted by Gasteiger charge is 2.32. The number of halogens is 1. The highest BCUT2D eigenvalue weighted by Crippen LogP contribution is 2.29. The quantitative estimate of drug-likeness (QED) is 0.564. The molecule has 3 heterocycles. The molecule has 0 spiro atoms. The zero-order chi connectivity index (χ0) is 22.9. The molecule has 0 saturated carbocycles. The number of fused-ring (bicyclic) bond motifs is 1. The van der Waals surface area contributed by atoms with Crippen LogP contribution in [0.1, 0.15) is 47.9 Å². The van der Waals surface area contributed by atoms with Crippen LogP contribution in [0.3, 0.4) is 0 Å². The molecule has 172 valence electrons. The molecule has 33 heavy (non-hydrogen) atoms. The van der Waals surface area contributed by atoms with Crippen molar-refractivity contribution in [3.63, 3.8) is 0 Å². The molecule has 0 unspecified atom stereocenters. The number of anilines is 1. The first-order chi connectivity index (χ1) is 16.0. The summed E-state index contributed by atoms with van der Waals surface area (Å²) in [6.07, 6.45) is 4.06. The molecule has 0 N–H and O–H groups in total. The van der Waals surface area contributed by atoms with Crippen molar-refractivity contribution in [3.05, 3.63) is 71.3 Å². The highest BCUT2D eigenvalue weighted by molar-refractivity contribution is 5.94. The largest absolute Gasteiger partial charge is 0.365 e. The molecule has 6 heteroatoms. The lowest BCUT2D eigenvalue weighted by Crippen LogP contribution is -2.54. The predicted molar refractivity (Wildman–Crippen MR) is 129 cm³/mol. The van der Waals surface area contributed by atoms with Crippen LogP contribution in [0.5, 0.6) is 0 Å². The second kappa shape index (κ2) is 9.00. The zero-order valence-corrected chi connectivity index (χ0v) is 19.4. The molecule has 2 aliphatic heterocycles. The van der Waals surface area contributed by atoms with Crippen molar-refractivity contribution in [1.82, 2.24) is 14.5 Å². The number of carbonyl (C=O) groups excluding carboxylic acids is 1. The van der Waals surface area contributed by atoms with Gasteiger partial charge in [0.25, 0.3) is 5.91 Å². The van der Waals surface area contributed by atoms with Crippen molar-refractivity contribution >= 4 is 11.6 Å². The van der Waals surface area contributed by atoms with Gasteiger partial charge in [0, 0.05) is 43.5 Å². The number of amides is 1. The van der Waals surface area contributed by atoms with Crippen molar-refractivity contribution in [1.29, 1.82) is 0 Å². The Bertz CT molecular complexity index is 1170. The molecule has 0 bridgehead atoms. The SMILES string of the molecule is Cc1cccc(N2CCN(C(=O)c3nc(-c4cccc(F)c4)n4c3CCCCC4)C[C@H]2C)c1. The van der Waals surface area contributed by atoms with Gasteiger partial charge in [0.05, 0.1) is 5.69 Å². The molecule has 3 aromatic rings. The van der Waals surface area contributed by atoms with Gasteiger partial charge in [-0.05, 0) is 62.9 Å². The van der Waals surface area contributed by atoms with E-state index >= 15 is 0 Å². The Morgan fingerprint density at radius 2 is 1.88 bits per heavy atom. The number of rotatable bonds is 3. The van der Waals surface area contributed by atoms with Crippen molar-refractivity contribution in [2.24, 2.45) is 0 Å². The second-order valence-electron chi connectivity index (χ2n) is 9.34. The molecule has 1 amide bonds. The zero-order valence-electron chi connectivity index (χ0n) is 19.4. The molecule has 0 aliphatic carbocycles. The van der Waals surface area contributed by atoms with Gasteiger partial charge in [-0.3, -0.25) is 4.79 Å². The average molecular weight is 447 g/mol. The molecule has 0 radical (unpaired) electrons. The third-order valence-corrected chi connectivity index (χ3v) is 6.90. The van der Waals surface area contributed by atoms with Crippen molar-refractivity contribution < 1.29 is 9.18 Å². The normalized spacial score (nSPS) is 18.7. The van der Waals surface area contributed by atoms with Crippen LogP contribution in [-0.4, -0.2) is 46.0 Å². The Kier molecular flexibility index (Phi) is 5.92. The summed E-state index contributed by atoms with van der Waals surface area (Å²) in [4.78, 5) is 22.8. The Labute approximate surface area is 194 Å². The van der Waals surface area contributed by atoms with Crippen molar-refractivity contribution in [2.75, 3.05) is 24.5 Å². The summed E-state index contributed by atoms with van der Waals surface area (Å²) in [5.41, 5.74) is 4.73. The third kappa shape index (κ3) is 4.26. The van der Waals surface area contributed by atoms with Crippen LogP contribution >= 0.6 is 0 Å². The molecule has 2 aromatic carbocycles. The van der Waals surface area contributed by atoms with Crippen LogP contribution in [0.2, 0.25) is 0 Å². The maximum atomic E-state index is 13.9. The van der Waals surface area contributed by atoms with Gasteiger partial charge >= 0.3 is 0 Å². The Balaban J connectivity index is 1.43. The van der Waals surface area contributed by atoms with Crippen LogP contribution in [0.4, 0.5) is 10.1 Å². The monoisotopic (exact) mass is 446 g/mol. The van der Waals surface area contributed by atoms with Gasteiger partial charge in [-0.1, -0.05) is 30.7 Å². The lowest BCUT2D eigenvalue weighted by atomic mass is 10.1. The van der Waals surface area contributed by atoms with Gasteiger partial charge in [-0.25, -0.2) is 9.37 Å². The van der Waals surface area contributed by atoms with Crippen molar-refractivity contribution in [3.8, 4) is 11.4 Å². The fourth-order valence-corrected chi connectivity index (χ4v) is 5.22. The van der Waals surface area contributed by atoms with Crippen LogP contribution < -0.4 is 4.90 Å². The summed E-state index contributed by atoms with van der Waals surface area (Å²) in [5, 5.41) is 0. The van der Waals surface area contributed by atoms with E-state index in [4.69, 9.17) is 4.98 Å². The summed E-state index contributed by atoms with van der Waals surface area (Å²) >= 11 is 0. The lowest BCUT2D eigenvalue weighted by Gasteiger charge is -2.41. The highest BCUT2D eigenvalue weighted by atomic mass is 19.1. The molecule has 1 fully saturated rings. The lowest BCUT2D eigenvalue weighted by molar-refractivity contribution is 0.0719. The van der Waals surface area contributed by atoms with E-state index in [-0.39, 0.29) is 17.8 Å². The van der Waals surface area contributed by atoms with Gasteiger partial charge in [0.15, 0.2) is 0 Å². The Morgan fingerprint density at radius 1 is 1.03 bits per heavy atom. The topological polar surface area (TPSA) is 41.4 Å². The molecule has 1 saturated heterocycles. The second-order valence-corrected chi connectivity index (χ2v) is 9.34. The Hall–Kier alpha value is -3.15. The van der Waals surface area contributed by atoms with E-state index in [1.807, 2.05) is 11.0 Å². The van der Waals surface area contributed by atoms with E-state index in [0.29, 0.717) is 24.6 Å². The molecule has 1 aromatic heterocycles. The summed E-state index contributed by atoms with van der Waals surface area (Å²) in [6, 6.07) is 15.3. The van der Waals surface area contributed by atoms with E-state index in [0.717, 1.165) is 50.0 Å². The predicted octanol–water partition coefficient (Wildman–Crippen LogP) is 5.07.